The number of ether oxygens (including phenoxy) is 1. The Hall–Kier alpha value is -3.07. The zero-order valence-corrected chi connectivity index (χ0v) is 16.0. The Bertz CT molecular complexity index is 1150. The number of pyridine rings is 1. The fourth-order valence-electron chi connectivity index (χ4n) is 3.90. The molecule has 146 valence electrons. The van der Waals surface area contributed by atoms with E-state index >= 15 is 0 Å². The minimum atomic E-state index is -0.130. The molecule has 0 amide bonds. The van der Waals surface area contributed by atoms with E-state index in [-0.39, 0.29) is 17.4 Å². The number of nitrogens with zero attached hydrogens (tertiary/aromatic N) is 5. The van der Waals surface area contributed by atoms with Gasteiger partial charge in [0.15, 0.2) is 5.82 Å². The van der Waals surface area contributed by atoms with Crippen LogP contribution in [0.2, 0.25) is 0 Å². The van der Waals surface area contributed by atoms with Crippen molar-refractivity contribution < 1.29 is 4.74 Å². The number of hydrogen-bond acceptors (Lipinski definition) is 6. The molecule has 28 heavy (non-hydrogen) atoms. The van der Waals surface area contributed by atoms with Crippen LogP contribution in [-0.2, 0) is 11.8 Å². The molecule has 3 aromatic heterocycles. The van der Waals surface area contributed by atoms with Crippen LogP contribution in [-0.4, -0.2) is 50.8 Å². The summed E-state index contributed by atoms with van der Waals surface area (Å²) >= 11 is 0. The Kier molecular flexibility index (Phi) is 3.80. The molecule has 0 saturated carbocycles. The summed E-state index contributed by atoms with van der Waals surface area (Å²) in [4.78, 5) is 15.3. The molecule has 0 unspecified atom stereocenters. The normalized spacial score (nSPS) is 17.8. The summed E-state index contributed by atoms with van der Waals surface area (Å²) in [5, 5.41) is 12.2. The van der Waals surface area contributed by atoms with Crippen molar-refractivity contribution in [3.05, 3.63) is 34.3 Å². The van der Waals surface area contributed by atoms with Gasteiger partial charge in [0.1, 0.15) is 11.2 Å². The van der Waals surface area contributed by atoms with Gasteiger partial charge in [-0.15, -0.1) is 0 Å². The molecule has 0 bridgehead atoms. The SMILES string of the molecule is C[C@H](C1=CC1)n1cc(-c2cc(N3CCOCC3)n(C)n2)c2[nH]nc(N)c2c1=O. The van der Waals surface area contributed by atoms with Gasteiger partial charge in [-0.3, -0.25) is 14.6 Å². The number of morpholine rings is 1. The van der Waals surface area contributed by atoms with E-state index in [1.807, 2.05) is 30.9 Å². The van der Waals surface area contributed by atoms with E-state index in [0.29, 0.717) is 24.1 Å². The van der Waals surface area contributed by atoms with Crippen molar-refractivity contribution >= 4 is 22.5 Å². The van der Waals surface area contributed by atoms with Gasteiger partial charge in [0.05, 0.1) is 30.5 Å². The maximum Gasteiger partial charge on any atom is 0.264 e. The Morgan fingerprint density at radius 2 is 2.07 bits per heavy atom. The third-order valence-corrected chi connectivity index (χ3v) is 5.64. The number of fused-ring (bicyclic) bond motifs is 1. The van der Waals surface area contributed by atoms with Crippen LogP contribution in [0.15, 0.2) is 28.7 Å². The van der Waals surface area contributed by atoms with Crippen LogP contribution in [0.1, 0.15) is 19.4 Å². The third kappa shape index (κ3) is 2.62. The lowest BCUT2D eigenvalue weighted by Gasteiger charge is -2.28. The number of allylic oxidation sites excluding steroid dienone is 2. The maximum absolute atomic E-state index is 13.0. The van der Waals surface area contributed by atoms with Gasteiger partial charge in [-0.1, -0.05) is 6.08 Å². The highest BCUT2D eigenvalue weighted by molar-refractivity contribution is 5.97. The summed E-state index contributed by atoms with van der Waals surface area (Å²) in [6, 6.07) is 2.04. The standard InChI is InChI=1S/C19H23N7O2/c1-11(12-3-4-12)26-10-13(17-16(19(26)27)18(20)22-21-17)14-9-15(24(2)23-14)25-5-7-28-8-6-25/h3,9-11H,4-8H2,1-2H3,(H3,20,21,22)/t11-/m1/s1. The highest BCUT2D eigenvalue weighted by Crippen LogP contribution is 2.34. The summed E-state index contributed by atoms with van der Waals surface area (Å²) in [6.45, 7) is 5.11. The van der Waals surface area contributed by atoms with Gasteiger partial charge in [0.2, 0.25) is 0 Å². The summed E-state index contributed by atoms with van der Waals surface area (Å²) in [5.74, 6) is 1.24. The largest absolute Gasteiger partial charge is 0.382 e. The Labute approximate surface area is 161 Å². The molecule has 1 aliphatic carbocycles. The molecule has 1 aliphatic heterocycles. The number of H-pyrrole nitrogens is 1. The number of nitrogens with one attached hydrogen (secondary N) is 1. The maximum atomic E-state index is 13.0. The number of nitrogen functional groups attached to an aromatic ring is 1. The number of aromatic amines is 1. The quantitative estimate of drug-likeness (QED) is 0.662. The van der Waals surface area contributed by atoms with Gasteiger partial charge in [-0.05, 0) is 18.9 Å². The average molecular weight is 381 g/mol. The van der Waals surface area contributed by atoms with Crippen LogP contribution in [0.5, 0.6) is 0 Å². The predicted molar refractivity (Wildman–Crippen MR) is 107 cm³/mol. The zero-order chi connectivity index (χ0) is 19.4. The lowest BCUT2D eigenvalue weighted by Crippen LogP contribution is -2.37. The third-order valence-electron chi connectivity index (χ3n) is 5.64. The minimum Gasteiger partial charge on any atom is -0.382 e. The van der Waals surface area contributed by atoms with Crippen molar-refractivity contribution in [2.75, 3.05) is 36.9 Å². The van der Waals surface area contributed by atoms with Crippen molar-refractivity contribution in [2.45, 2.75) is 19.4 Å². The minimum absolute atomic E-state index is 0.00706. The fraction of sp³-hybridized carbons (Fsp3) is 0.421. The van der Waals surface area contributed by atoms with E-state index in [1.165, 1.54) is 5.57 Å². The highest BCUT2D eigenvalue weighted by Gasteiger charge is 2.24. The molecule has 2 aliphatic rings. The van der Waals surface area contributed by atoms with Gasteiger partial charge >= 0.3 is 0 Å². The van der Waals surface area contributed by atoms with Crippen LogP contribution in [0, 0.1) is 0 Å². The summed E-state index contributed by atoms with van der Waals surface area (Å²) in [7, 11) is 1.93. The molecular weight excluding hydrogens is 358 g/mol. The van der Waals surface area contributed by atoms with Crippen LogP contribution in [0.25, 0.3) is 22.2 Å². The summed E-state index contributed by atoms with van der Waals surface area (Å²) in [6.07, 6.45) is 4.96. The number of aromatic nitrogens is 5. The number of rotatable bonds is 4. The first-order valence-corrected chi connectivity index (χ1v) is 9.49. The molecule has 3 N–H and O–H groups in total. The molecule has 0 spiro atoms. The topological polar surface area (TPSA) is 107 Å². The molecule has 1 atom stereocenters. The van der Waals surface area contributed by atoms with Crippen molar-refractivity contribution in [1.29, 1.82) is 0 Å². The van der Waals surface area contributed by atoms with E-state index < -0.39 is 0 Å². The lowest BCUT2D eigenvalue weighted by molar-refractivity contribution is 0.122. The first-order valence-electron chi connectivity index (χ1n) is 9.49. The van der Waals surface area contributed by atoms with Gasteiger partial charge < -0.3 is 19.9 Å². The molecule has 4 heterocycles. The van der Waals surface area contributed by atoms with Crippen LogP contribution >= 0.6 is 0 Å². The molecule has 9 heteroatoms. The summed E-state index contributed by atoms with van der Waals surface area (Å²) in [5.41, 5.74) is 9.37. The van der Waals surface area contributed by atoms with Crippen molar-refractivity contribution in [3.8, 4) is 11.3 Å². The number of aryl methyl sites for hydroxylation is 1. The lowest BCUT2D eigenvalue weighted by atomic mass is 10.1. The van der Waals surface area contributed by atoms with E-state index in [4.69, 9.17) is 15.6 Å². The van der Waals surface area contributed by atoms with Crippen LogP contribution < -0.4 is 16.2 Å². The Morgan fingerprint density at radius 1 is 1.32 bits per heavy atom. The van der Waals surface area contributed by atoms with Gasteiger partial charge in [-0.25, -0.2) is 0 Å². The zero-order valence-electron chi connectivity index (χ0n) is 16.0. The average Bonchev–Trinajstić information content (AvgIpc) is 3.38. The molecule has 1 saturated heterocycles. The van der Waals surface area contributed by atoms with Gasteiger partial charge in [0.25, 0.3) is 5.56 Å². The molecular formula is C19H23N7O2. The van der Waals surface area contributed by atoms with Crippen LogP contribution in [0.3, 0.4) is 0 Å². The molecule has 0 aromatic carbocycles. The van der Waals surface area contributed by atoms with E-state index in [1.54, 1.807) is 4.57 Å². The van der Waals surface area contributed by atoms with Gasteiger partial charge in [-0.2, -0.15) is 10.2 Å². The van der Waals surface area contributed by atoms with Gasteiger partial charge in [0, 0.05) is 38.0 Å². The molecule has 5 rings (SSSR count). The molecule has 3 aromatic rings. The highest BCUT2D eigenvalue weighted by atomic mass is 16.5. The second-order valence-electron chi connectivity index (χ2n) is 7.38. The Balaban J connectivity index is 1.67. The number of hydrogen-bond donors (Lipinski definition) is 2. The van der Waals surface area contributed by atoms with E-state index in [0.717, 1.165) is 36.6 Å². The van der Waals surface area contributed by atoms with Crippen molar-refractivity contribution in [3.63, 3.8) is 0 Å². The molecule has 9 nitrogen and oxygen atoms in total. The van der Waals surface area contributed by atoms with Crippen LogP contribution in [0.4, 0.5) is 11.6 Å². The van der Waals surface area contributed by atoms with E-state index in [9.17, 15) is 4.79 Å². The Morgan fingerprint density at radius 3 is 2.79 bits per heavy atom. The first-order chi connectivity index (χ1) is 13.5. The monoisotopic (exact) mass is 381 g/mol. The van der Waals surface area contributed by atoms with Crippen molar-refractivity contribution in [2.24, 2.45) is 7.05 Å². The number of anilines is 2. The summed E-state index contributed by atoms with van der Waals surface area (Å²) < 4.78 is 9.07. The first kappa shape index (κ1) is 17.1. The molecule has 1 fully saturated rings. The second-order valence-corrected chi connectivity index (χ2v) is 7.38. The molecule has 0 radical (unpaired) electrons. The van der Waals surface area contributed by atoms with Crippen molar-refractivity contribution in [1.82, 2.24) is 24.5 Å². The second kappa shape index (κ2) is 6.23. The fourth-order valence-corrected chi connectivity index (χ4v) is 3.90. The smallest absolute Gasteiger partial charge is 0.264 e. The van der Waals surface area contributed by atoms with E-state index in [2.05, 4.69) is 21.2 Å². The predicted octanol–water partition coefficient (Wildman–Crippen LogP) is 1.43. The number of nitrogens with two attached hydrogens (primary N) is 1.